The van der Waals surface area contributed by atoms with Crippen LogP contribution in [0.4, 0.5) is 0 Å². The number of nitrogens with two attached hydrogens (primary N) is 1. The van der Waals surface area contributed by atoms with E-state index >= 15 is 0 Å². The second-order valence-electron chi connectivity index (χ2n) is 6.84. The quantitative estimate of drug-likeness (QED) is 0.206. The van der Waals surface area contributed by atoms with Gasteiger partial charge in [-0.05, 0) is 31.3 Å². The van der Waals surface area contributed by atoms with E-state index < -0.39 is 60.2 Å². The first-order valence-corrected chi connectivity index (χ1v) is 10.4. The van der Waals surface area contributed by atoms with Crippen LogP contribution in [0.1, 0.15) is 33.6 Å². The van der Waals surface area contributed by atoms with Crippen molar-refractivity contribution in [3.8, 4) is 0 Å². The van der Waals surface area contributed by atoms with Gasteiger partial charge in [0.1, 0.15) is 18.1 Å². The summed E-state index contributed by atoms with van der Waals surface area (Å²) < 4.78 is 0. The predicted molar refractivity (Wildman–Crippen MR) is 107 cm³/mol. The largest absolute Gasteiger partial charge is 0.481 e. The number of hydrogen-bond acceptors (Lipinski definition) is 7. The van der Waals surface area contributed by atoms with Crippen LogP contribution in [0.2, 0.25) is 0 Å². The van der Waals surface area contributed by atoms with Crippen LogP contribution in [-0.4, -0.2) is 76.0 Å². The number of amides is 3. The number of carbonyl (C=O) groups is 5. The maximum atomic E-state index is 12.5. The molecule has 0 aliphatic heterocycles. The summed E-state index contributed by atoms with van der Waals surface area (Å²) >= 11 is 1.47. The molecule has 0 aromatic rings. The first-order valence-electron chi connectivity index (χ1n) is 9.00. The van der Waals surface area contributed by atoms with Crippen LogP contribution in [0.5, 0.6) is 0 Å². The van der Waals surface area contributed by atoms with Gasteiger partial charge < -0.3 is 31.9 Å². The minimum absolute atomic E-state index is 0.133. The Balaban J connectivity index is 5.03. The SMILES string of the molecule is CSCCC(NC(=O)C(N)C(C)C)C(=O)NC(C)C(=O)NC(CC(=O)O)C(=O)O. The zero-order valence-corrected chi connectivity index (χ0v) is 17.7. The van der Waals surface area contributed by atoms with Crippen molar-refractivity contribution >= 4 is 41.4 Å². The Labute approximate surface area is 173 Å². The highest BCUT2D eigenvalue weighted by Gasteiger charge is 2.29. The average Bonchev–Trinajstić information content (AvgIpc) is 2.62. The normalized spacial score (nSPS) is 15.0. The van der Waals surface area contributed by atoms with E-state index in [9.17, 15) is 24.0 Å². The lowest BCUT2D eigenvalue weighted by Crippen LogP contribution is -2.57. The summed E-state index contributed by atoms with van der Waals surface area (Å²) in [5.74, 6) is -4.45. The molecule has 11 nitrogen and oxygen atoms in total. The molecule has 3 amide bonds. The van der Waals surface area contributed by atoms with Crippen molar-refractivity contribution in [2.75, 3.05) is 12.0 Å². The Kier molecular flexibility index (Phi) is 11.9. The van der Waals surface area contributed by atoms with Crippen LogP contribution in [0.25, 0.3) is 0 Å². The molecule has 29 heavy (non-hydrogen) atoms. The van der Waals surface area contributed by atoms with E-state index in [0.29, 0.717) is 12.2 Å². The Bertz CT molecular complexity index is 615. The predicted octanol–water partition coefficient (Wildman–Crippen LogP) is -1.24. The summed E-state index contributed by atoms with van der Waals surface area (Å²) in [7, 11) is 0. The highest BCUT2D eigenvalue weighted by molar-refractivity contribution is 7.98. The number of rotatable bonds is 13. The van der Waals surface area contributed by atoms with E-state index in [-0.39, 0.29) is 5.92 Å². The zero-order valence-electron chi connectivity index (χ0n) is 16.9. The van der Waals surface area contributed by atoms with E-state index in [0.717, 1.165) is 0 Å². The highest BCUT2D eigenvalue weighted by Crippen LogP contribution is 2.05. The second kappa shape index (κ2) is 13.0. The van der Waals surface area contributed by atoms with Gasteiger partial charge in [-0.2, -0.15) is 11.8 Å². The number of thioether (sulfide) groups is 1. The van der Waals surface area contributed by atoms with Gasteiger partial charge in [0.05, 0.1) is 12.5 Å². The fourth-order valence-corrected chi connectivity index (χ4v) is 2.60. The summed E-state index contributed by atoms with van der Waals surface area (Å²) in [5, 5.41) is 24.7. The van der Waals surface area contributed by atoms with Crippen LogP contribution in [-0.2, 0) is 24.0 Å². The van der Waals surface area contributed by atoms with Crippen molar-refractivity contribution in [2.24, 2.45) is 11.7 Å². The summed E-state index contributed by atoms with van der Waals surface area (Å²) in [6.07, 6.45) is 1.33. The topological polar surface area (TPSA) is 188 Å². The summed E-state index contributed by atoms with van der Waals surface area (Å²) in [6, 6.07) is -4.50. The molecule has 0 rings (SSSR count). The van der Waals surface area contributed by atoms with Crippen molar-refractivity contribution in [2.45, 2.75) is 57.8 Å². The van der Waals surface area contributed by atoms with Gasteiger partial charge in [-0.25, -0.2) is 4.79 Å². The van der Waals surface area contributed by atoms with Crippen LogP contribution >= 0.6 is 11.8 Å². The van der Waals surface area contributed by atoms with E-state index in [2.05, 4.69) is 16.0 Å². The molecule has 7 N–H and O–H groups in total. The van der Waals surface area contributed by atoms with Crippen molar-refractivity contribution in [1.82, 2.24) is 16.0 Å². The van der Waals surface area contributed by atoms with Crippen LogP contribution in [0.3, 0.4) is 0 Å². The van der Waals surface area contributed by atoms with E-state index in [1.807, 2.05) is 6.26 Å². The molecule has 0 aromatic carbocycles. The maximum absolute atomic E-state index is 12.5. The Morgan fingerprint density at radius 3 is 1.90 bits per heavy atom. The molecule has 0 radical (unpaired) electrons. The zero-order chi connectivity index (χ0) is 22.7. The number of carboxylic acids is 2. The van der Waals surface area contributed by atoms with Crippen LogP contribution in [0.15, 0.2) is 0 Å². The van der Waals surface area contributed by atoms with Crippen molar-refractivity contribution in [1.29, 1.82) is 0 Å². The Morgan fingerprint density at radius 2 is 1.45 bits per heavy atom. The second-order valence-corrected chi connectivity index (χ2v) is 7.83. The molecule has 0 saturated heterocycles. The minimum Gasteiger partial charge on any atom is -0.481 e. The molecule has 0 bridgehead atoms. The first-order chi connectivity index (χ1) is 13.4. The summed E-state index contributed by atoms with van der Waals surface area (Å²) in [6.45, 7) is 4.85. The van der Waals surface area contributed by atoms with Gasteiger partial charge in [0.15, 0.2) is 0 Å². The maximum Gasteiger partial charge on any atom is 0.326 e. The molecule has 0 heterocycles. The molecule has 0 aliphatic carbocycles. The van der Waals surface area contributed by atoms with Gasteiger partial charge in [-0.3, -0.25) is 19.2 Å². The molecule has 0 fully saturated rings. The van der Waals surface area contributed by atoms with Crippen LogP contribution < -0.4 is 21.7 Å². The number of aliphatic carboxylic acids is 2. The van der Waals surface area contributed by atoms with Gasteiger partial charge in [0.2, 0.25) is 17.7 Å². The fraction of sp³-hybridized carbons (Fsp3) is 0.706. The summed E-state index contributed by atoms with van der Waals surface area (Å²) in [4.78, 5) is 58.6. The minimum atomic E-state index is -1.63. The third-order valence-corrected chi connectivity index (χ3v) is 4.65. The molecule has 12 heteroatoms. The van der Waals surface area contributed by atoms with Gasteiger partial charge in [0.25, 0.3) is 0 Å². The van der Waals surface area contributed by atoms with Crippen LogP contribution in [0, 0.1) is 5.92 Å². The van der Waals surface area contributed by atoms with Crippen molar-refractivity contribution < 1.29 is 34.2 Å². The van der Waals surface area contributed by atoms with Gasteiger partial charge in [-0.15, -0.1) is 0 Å². The molecule has 4 unspecified atom stereocenters. The molecule has 0 saturated carbocycles. The highest BCUT2D eigenvalue weighted by atomic mass is 32.2. The molecule has 166 valence electrons. The fourth-order valence-electron chi connectivity index (χ4n) is 2.13. The molecule has 0 aliphatic rings. The third kappa shape index (κ3) is 10.1. The summed E-state index contributed by atoms with van der Waals surface area (Å²) in [5.41, 5.74) is 5.79. The number of carboxylic acid groups (broad SMARTS) is 2. The van der Waals surface area contributed by atoms with Crippen molar-refractivity contribution in [3.05, 3.63) is 0 Å². The molecular weight excluding hydrogens is 404 g/mol. The smallest absolute Gasteiger partial charge is 0.326 e. The monoisotopic (exact) mass is 434 g/mol. The number of nitrogens with one attached hydrogen (secondary N) is 3. The third-order valence-electron chi connectivity index (χ3n) is 4.01. The van der Waals surface area contributed by atoms with E-state index in [1.54, 1.807) is 13.8 Å². The number of hydrogen-bond donors (Lipinski definition) is 6. The first kappa shape index (κ1) is 26.7. The molecular formula is C17H30N4O7S. The van der Waals surface area contributed by atoms with E-state index in [4.69, 9.17) is 15.9 Å². The van der Waals surface area contributed by atoms with Gasteiger partial charge >= 0.3 is 11.9 Å². The van der Waals surface area contributed by atoms with Gasteiger partial charge in [0, 0.05) is 0 Å². The van der Waals surface area contributed by atoms with Crippen molar-refractivity contribution in [3.63, 3.8) is 0 Å². The molecule has 0 spiro atoms. The lowest BCUT2D eigenvalue weighted by Gasteiger charge is -2.24. The average molecular weight is 435 g/mol. The standard InChI is InChI=1S/C17H30N4O7S/c1-8(2)13(18)16(26)20-10(5-6-29-4)15(25)19-9(3)14(24)21-11(17(27)28)7-12(22)23/h8-11,13H,5-7,18H2,1-4H3,(H,19,25)(H,20,26)(H,21,24)(H,22,23)(H,27,28). The Morgan fingerprint density at radius 1 is 0.897 bits per heavy atom. The lowest BCUT2D eigenvalue weighted by atomic mass is 10.0. The Hall–Kier alpha value is -2.34. The molecule has 4 atom stereocenters. The van der Waals surface area contributed by atoms with E-state index in [1.165, 1.54) is 18.7 Å². The molecule has 0 aromatic heterocycles. The van der Waals surface area contributed by atoms with Gasteiger partial charge in [-0.1, -0.05) is 13.8 Å². The lowest BCUT2D eigenvalue weighted by molar-refractivity contribution is -0.147. The number of carbonyl (C=O) groups excluding carboxylic acids is 3.